The zero-order chi connectivity index (χ0) is 14.5. The van der Waals surface area contributed by atoms with Gasteiger partial charge in [0.25, 0.3) is 5.91 Å². The van der Waals surface area contributed by atoms with E-state index in [-0.39, 0.29) is 17.2 Å². The smallest absolute Gasteiger partial charge is 0.255 e. The van der Waals surface area contributed by atoms with Crippen LogP contribution in [0.4, 0.5) is 0 Å². The fraction of sp³-hybridized carbons (Fsp3) is 0.533. The number of nitrogens with one attached hydrogen (secondary N) is 1. The third kappa shape index (κ3) is 3.87. The highest BCUT2D eigenvalue weighted by molar-refractivity contribution is 6.30. The van der Waals surface area contributed by atoms with E-state index < -0.39 is 0 Å². The van der Waals surface area contributed by atoms with Crippen LogP contribution in [0, 0.1) is 0 Å². The fourth-order valence-electron chi connectivity index (χ4n) is 2.67. The molecule has 0 atom stereocenters. The van der Waals surface area contributed by atoms with Gasteiger partial charge < -0.3 is 15.3 Å². The van der Waals surface area contributed by atoms with E-state index in [1.54, 1.807) is 6.07 Å². The molecule has 0 aliphatic heterocycles. The normalized spacial score (nSPS) is 15.8. The summed E-state index contributed by atoms with van der Waals surface area (Å²) >= 11 is 5.74. The summed E-state index contributed by atoms with van der Waals surface area (Å²) in [6.45, 7) is 1.40. The van der Waals surface area contributed by atoms with Crippen LogP contribution in [0.25, 0.3) is 0 Å². The number of rotatable bonds is 5. The van der Waals surface area contributed by atoms with Crippen molar-refractivity contribution in [2.24, 2.45) is 0 Å². The molecule has 1 amide bonds. The number of benzene rings is 1. The van der Waals surface area contributed by atoms with Crippen LogP contribution in [0.5, 0.6) is 5.75 Å². The number of hydrogen-bond donors (Lipinski definition) is 2. The lowest BCUT2D eigenvalue weighted by molar-refractivity contribution is 0.0944. The predicted molar refractivity (Wildman–Crippen MR) is 80.3 cm³/mol. The van der Waals surface area contributed by atoms with Crippen molar-refractivity contribution >= 4 is 17.5 Å². The van der Waals surface area contributed by atoms with Gasteiger partial charge in [-0.15, -0.1) is 0 Å². The summed E-state index contributed by atoms with van der Waals surface area (Å²) in [5.41, 5.74) is 0.262. The van der Waals surface area contributed by atoms with Crippen molar-refractivity contribution in [2.45, 2.75) is 31.7 Å². The Morgan fingerprint density at radius 3 is 2.80 bits per heavy atom. The summed E-state index contributed by atoms with van der Waals surface area (Å²) in [5, 5.41) is 12.9. The van der Waals surface area contributed by atoms with Gasteiger partial charge in [0.2, 0.25) is 0 Å². The monoisotopic (exact) mass is 296 g/mol. The minimum absolute atomic E-state index is 0.0841. The lowest BCUT2D eigenvalue weighted by Gasteiger charge is -2.23. The van der Waals surface area contributed by atoms with E-state index >= 15 is 0 Å². The lowest BCUT2D eigenvalue weighted by atomic mass is 10.2. The highest BCUT2D eigenvalue weighted by Crippen LogP contribution is 2.22. The van der Waals surface area contributed by atoms with Crippen molar-refractivity contribution in [1.29, 1.82) is 0 Å². The molecule has 2 N–H and O–H groups in total. The first-order chi connectivity index (χ1) is 9.58. The number of carbonyl (C=O) groups excluding carboxylic acids is 1. The van der Waals surface area contributed by atoms with E-state index in [1.807, 2.05) is 0 Å². The van der Waals surface area contributed by atoms with Crippen LogP contribution in [0.15, 0.2) is 18.2 Å². The molecule has 1 fully saturated rings. The molecule has 1 aliphatic carbocycles. The Hall–Kier alpha value is -1.26. The van der Waals surface area contributed by atoms with Gasteiger partial charge in [0, 0.05) is 24.2 Å². The third-order valence-electron chi connectivity index (χ3n) is 3.90. The number of amides is 1. The average Bonchev–Trinajstić information content (AvgIpc) is 2.92. The molecule has 1 aliphatic rings. The molecule has 0 unspecified atom stereocenters. The first-order valence-electron chi connectivity index (χ1n) is 7.05. The zero-order valence-electron chi connectivity index (χ0n) is 11.7. The standard InChI is InChI=1S/C15H21ClN2O2/c1-18(12-4-2-3-5-12)9-8-17-15(20)13-7-6-11(16)10-14(13)19/h6-7,10,12,19H,2-5,8-9H2,1H3,(H,17,20). The molecule has 1 aromatic carbocycles. The summed E-state index contributed by atoms with van der Waals surface area (Å²) in [4.78, 5) is 14.2. The van der Waals surface area contributed by atoms with Gasteiger partial charge in [-0.1, -0.05) is 24.4 Å². The number of nitrogens with zero attached hydrogens (tertiary/aromatic N) is 1. The van der Waals surface area contributed by atoms with Gasteiger partial charge in [0.1, 0.15) is 5.75 Å². The molecule has 2 rings (SSSR count). The SMILES string of the molecule is CN(CCNC(=O)c1ccc(Cl)cc1O)C1CCCC1. The third-order valence-corrected chi connectivity index (χ3v) is 4.14. The Bertz CT molecular complexity index is 473. The minimum atomic E-state index is -0.265. The Morgan fingerprint density at radius 1 is 1.45 bits per heavy atom. The van der Waals surface area contributed by atoms with E-state index in [9.17, 15) is 9.90 Å². The van der Waals surface area contributed by atoms with Gasteiger partial charge in [-0.3, -0.25) is 4.79 Å². The molecule has 20 heavy (non-hydrogen) atoms. The number of halogens is 1. The summed E-state index contributed by atoms with van der Waals surface area (Å²) in [6, 6.07) is 5.16. The topological polar surface area (TPSA) is 52.6 Å². The van der Waals surface area contributed by atoms with E-state index in [1.165, 1.54) is 37.8 Å². The molecule has 4 nitrogen and oxygen atoms in total. The van der Waals surface area contributed by atoms with Crippen LogP contribution >= 0.6 is 11.6 Å². The molecular weight excluding hydrogens is 276 g/mol. The Balaban J connectivity index is 1.80. The first kappa shape index (κ1) is 15.1. The van der Waals surface area contributed by atoms with E-state index in [0.717, 1.165) is 6.54 Å². The molecule has 0 radical (unpaired) electrons. The van der Waals surface area contributed by atoms with Crippen molar-refractivity contribution in [3.8, 4) is 5.75 Å². The van der Waals surface area contributed by atoms with Crippen molar-refractivity contribution in [1.82, 2.24) is 10.2 Å². The van der Waals surface area contributed by atoms with E-state index in [0.29, 0.717) is 17.6 Å². The van der Waals surface area contributed by atoms with Crippen LogP contribution < -0.4 is 5.32 Å². The molecule has 1 saturated carbocycles. The molecule has 0 heterocycles. The number of phenols is 1. The maximum Gasteiger partial charge on any atom is 0.255 e. The van der Waals surface area contributed by atoms with Gasteiger partial charge in [0.05, 0.1) is 5.56 Å². The number of phenolic OH excluding ortho intramolecular Hbond substituents is 1. The van der Waals surface area contributed by atoms with Crippen molar-refractivity contribution < 1.29 is 9.90 Å². The lowest BCUT2D eigenvalue weighted by Crippen LogP contribution is -2.37. The largest absolute Gasteiger partial charge is 0.507 e. The molecule has 0 saturated heterocycles. The fourth-order valence-corrected chi connectivity index (χ4v) is 2.83. The van der Waals surface area contributed by atoms with Crippen LogP contribution in [-0.4, -0.2) is 42.1 Å². The van der Waals surface area contributed by atoms with Crippen molar-refractivity contribution in [3.63, 3.8) is 0 Å². The highest BCUT2D eigenvalue weighted by atomic mass is 35.5. The molecular formula is C15H21ClN2O2. The Labute approximate surface area is 124 Å². The highest BCUT2D eigenvalue weighted by Gasteiger charge is 2.19. The Morgan fingerprint density at radius 2 is 2.15 bits per heavy atom. The Kier molecular flexibility index (Phi) is 5.26. The number of aromatic hydroxyl groups is 1. The molecule has 1 aromatic rings. The molecule has 0 spiro atoms. The maximum absolute atomic E-state index is 11.9. The van der Waals surface area contributed by atoms with Crippen LogP contribution in [-0.2, 0) is 0 Å². The van der Waals surface area contributed by atoms with Gasteiger partial charge in [-0.2, -0.15) is 0 Å². The summed E-state index contributed by atoms with van der Waals surface area (Å²) in [5.74, 6) is -0.349. The number of carbonyl (C=O) groups is 1. The summed E-state index contributed by atoms with van der Waals surface area (Å²) in [7, 11) is 2.10. The van der Waals surface area contributed by atoms with Crippen molar-refractivity contribution in [3.05, 3.63) is 28.8 Å². The molecule has 0 bridgehead atoms. The van der Waals surface area contributed by atoms with Crippen molar-refractivity contribution in [2.75, 3.05) is 20.1 Å². The number of likely N-dealkylation sites (N-methyl/N-ethyl adjacent to an activating group) is 1. The minimum Gasteiger partial charge on any atom is -0.507 e. The summed E-state index contributed by atoms with van der Waals surface area (Å²) in [6.07, 6.45) is 5.12. The molecule has 0 aromatic heterocycles. The van der Waals surface area contributed by atoms with E-state index in [2.05, 4.69) is 17.3 Å². The van der Waals surface area contributed by atoms with Crippen LogP contribution in [0.1, 0.15) is 36.0 Å². The van der Waals surface area contributed by atoms with Crippen LogP contribution in [0.2, 0.25) is 5.02 Å². The molecule has 110 valence electrons. The predicted octanol–water partition coefficient (Wildman–Crippen LogP) is 2.65. The van der Waals surface area contributed by atoms with E-state index in [4.69, 9.17) is 11.6 Å². The summed E-state index contributed by atoms with van der Waals surface area (Å²) < 4.78 is 0. The van der Waals surface area contributed by atoms with Gasteiger partial charge in [0.15, 0.2) is 0 Å². The first-order valence-corrected chi connectivity index (χ1v) is 7.42. The second kappa shape index (κ2) is 6.95. The van der Waals surface area contributed by atoms with Crippen LogP contribution in [0.3, 0.4) is 0 Å². The van der Waals surface area contributed by atoms with Gasteiger partial charge in [-0.05, 0) is 38.1 Å². The average molecular weight is 297 g/mol. The second-order valence-electron chi connectivity index (χ2n) is 5.34. The van der Waals surface area contributed by atoms with Gasteiger partial charge in [-0.25, -0.2) is 0 Å². The second-order valence-corrected chi connectivity index (χ2v) is 5.77. The quantitative estimate of drug-likeness (QED) is 0.878. The number of hydrogen-bond acceptors (Lipinski definition) is 3. The van der Waals surface area contributed by atoms with Gasteiger partial charge >= 0.3 is 0 Å². The zero-order valence-corrected chi connectivity index (χ0v) is 12.5. The maximum atomic E-state index is 11.9. The molecule has 5 heteroatoms.